The molecule has 2 N–H and O–H groups in total. The normalized spacial score (nSPS) is 25.3. The summed E-state index contributed by atoms with van der Waals surface area (Å²) in [4.78, 5) is 22.4. The predicted molar refractivity (Wildman–Crippen MR) is 70.0 cm³/mol. The van der Waals surface area contributed by atoms with Crippen LogP contribution in [0.3, 0.4) is 0 Å². The van der Waals surface area contributed by atoms with Gasteiger partial charge < -0.3 is 10.2 Å². The third kappa shape index (κ3) is 2.35. The fourth-order valence-electron chi connectivity index (χ4n) is 2.65. The quantitative estimate of drug-likeness (QED) is 0.854. The first-order chi connectivity index (χ1) is 8.87. The maximum atomic E-state index is 11.4. The molecule has 4 heteroatoms. The van der Waals surface area contributed by atoms with E-state index in [4.69, 9.17) is 5.11 Å². The molecule has 0 amide bonds. The van der Waals surface area contributed by atoms with E-state index in [1.54, 1.807) is 12.1 Å². The Morgan fingerprint density at radius 1 is 1.26 bits per heavy atom. The van der Waals surface area contributed by atoms with Crippen molar-refractivity contribution in [3.63, 3.8) is 0 Å². The number of carboxylic acid groups (broad SMARTS) is 2. The monoisotopic (exact) mass is 262 g/mol. The average Bonchev–Trinajstić information content (AvgIpc) is 3.06. The number of carbonyl (C=O) groups is 2. The summed E-state index contributed by atoms with van der Waals surface area (Å²) in [5.41, 5.74) is 0.522. The van der Waals surface area contributed by atoms with Crippen LogP contribution in [0.4, 0.5) is 0 Å². The first-order valence-corrected chi connectivity index (χ1v) is 6.43. The smallest absolute Gasteiger partial charge is 0.315 e. The van der Waals surface area contributed by atoms with Crippen LogP contribution in [-0.2, 0) is 21.4 Å². The summed E-state index contributed by atoms with van der Waals surface area (Å²) >= 11 is 0. The van der Waals surface area contributed by atoms with Gasteiger partial charge in [-0.2, -0.15) is 0 Å². The van der Waals surface area contributed by atoms with Gasteiger partial charge in [-0.3, -0.25) is 9.59 Å². The summed E-state index contributed by atoms with van der Waals surface area (Å²) in [6, 6.07) is 7.32. The van der Waals surface area contributed by atoms with E-state index >= 15 is 0 Å². The zero-order chi connectivity index (χ0) is 14.2. The van der Waals surface area contributed by atoms with Gasteiger partial charge in [0.1, 0.15) is 5.41 Å². The molecular formula is C15H18O4. The summed E-state index contributed by atoms with van der Waals surface area (Å²) in [5.74, 6) is -2.35. The molecule has 0 aromatic heterocycles. The number of aliphatic carboxylic acids is 2. The van der Waals surface area contributed by atoms with Gasteiger partial charge in [0.2, 0.25) is 0 Å². The molecule has 2 atom stereocenters. The highest BCUT2D eigenvalue weighted by Crippen LogP contribution is 2.54. The third-order valence-corrected chi connectivity index (χ3v) is 3.75. The molecule has 4 nitrogen and oxygen atoms in total. The highest BCUT2D eigenvalue weighted by molar-refractivity contribution is 5.94. The van der Waals surface area contributed by atoms with Gasteiger partial charge in [0.05, 0.1) is 5.92 Å². The third-order valence-electron chi connectivity index (χ3n) is 3.75. The topological polar surface area (TPSA) is 74.6 Å². The van der Waals surface area contributed by atoms with Gasteiger partial charge in [-0.25, -0.2) is 0 Å². The number of hydrogen-bond donors (Lipinski definition) is 2. The van der Waals surface area contributed by atoms with E-state index < -0.39 is 23.3 Å². The fourth-order valence-corrected chi connectivity index (χ4v) is 2.65. The number of rotatable bonds is 5. The van der Waals surface area contributed by atoms with Crippen molar-refractivity contribution in [1.29, 1.82) is 0 Å². The number of benzene rings is 1. The number of carboxylic acids is 2. The highest BCUT2D eigenvalue weighted by Gasteiger charge is 2.65. The Bertz CT molecular complexity index is 503. The van der Waals surface area contributed by atoms with Crippen molar-refractivity contribution >= 4 is 11.9 Å². The lowest BCUT2D eigenvalue weighted by atomic mass is 9.91. The Morgan fingerprint density at radius 2 is 1.84 bits per heavy atom. The molecule has 0 heterocycles. The molecule has 2 unspecified atom stereocenters. The lowest BCUT2D eigenvalue weighted by Crippen LogP contribution is -2.25. The van der Waals surface area contributed by atoms with E-state index in [-0.39, 0.29) is 6.42 Å². The van der Waals surface area contributed by atoms with Crippen LogP contribution in [-0.4, -0.2) is 22.2 Å². The Morgan fingerprint density at radius 3 is 2.21 bits per heavy atom. The summed E-state index contributed by atoms with van der Waals surface area (Å²) in [6.07, 6.45) is 1.11. The minimum atomic E-state index is -1.22. The Kier molecular flexibility index (Phi) is 3.35. The van der Waals surface area contributed by atoms with Gasteiger partial charge in [-0.15, -0.1) is 0 Å². The molecule has 1 aliphatic rings. The van der Waals surface area contributed by atoms with Gasteiger partial charge >= 0.3 is 11.9 Å². The summed E-state index contributed by atoms with van der Waals surface area (Å²) in [6.45, 7) is 4.24. The average molecular weight is 262 g/mol. The second-order valence-corrected chi connectivity index (χ2v) is 5.67. The van der Waals surface area contributed by atoms with E-state index in [0.717, 1.165) is 12.0 Å². The highest BCUT2D eigenvalue weighted by atomic mass is 16.4. The van der Waals surface area contributed by atoms with Crippen molar-refractivity contribution in [2.75, 3.05) is 0 Å². The van der Waals surface area contributed by atoms with Gasteiger partial charge in [-0.05, 0) is 29.9 Å². The Hall–Kier alpha value is -1.84. The molecule has 2 rings (SSSR count). The zero-order valence-corrected chi connectivity index (χ0v) is 11.1. The molecule has 1 aliphatic carbocycles. The zero-order valence-electron chi connectivity index (χ0n) is 11.1. The van der Waals surface area contributed by atoms with Crippen LogP contribution in [0.5, 0.6) is 0 Å². The Labute approximate surface area is 112 Å². The Balaban J connectivity index is 2.26. The summed E-state index contributed by atoms with van der Waals surface area (Å²) in [7, 11) is 0. The summed E-state index contributed by atoms with van der Waals surface area (Å²) in [5, 5.41) is 18.3. The lowest BCUT2D eigenvalue weighted by molar-refractivity contribution is -0.145. The molecule has 19 heavy (non-hydrogen) atoms. The maximum Gasteiger partial charge on any atom is 0.315 e. The van der Waals surface area contributed by atoms with Crippen molar-refractivity contribution in [2.24, 2.45) is 11.8 Å². The molecule has 0 saturated heterocycles. The van der Waals surface area contributed by atoms with Crippen molar-refractivity contribution in [3.05, 3.63) is 35.4 Å². The van der Waals surface area contributed by atoms with Crippen LogP contribution >= 0.6 is 0 Å². The van der Waals surface area contributed by atoms with Gasteiger partial charge in [-0.1, -0.05) is 38.1 Å². The van der Waals surface area contributed by atoms with Crippen molar-refractivity contribution in [1.82, 2.24) is 0 Å². The van der Waals surface area contributed by atoms with Crippen molar-refractivity contribution in [2.45, 2.75) is 32.1 Å². The molecule has 1 aromatic carbocycles. The van der Waals surface area contributed by atoms with Gasteiger partial charge in [0, 0.05) is 0 Å². The van der Waals surface area contributed by atoms with E-state index in [1.807, 2.05) is 12.1 Å². The molecule has 0 radical (unpaired) electrons. The molecule has 0 bridgehead atoms. The molecular weight excluding hydrogens is 244 g/mol. The van der Waals surface area contributed by atoms with Crippen LogP contribution in [0.25, 0.3) is 0 Å². The standard InChI is InChI=1S/C15H18O4/c1-9(2)7-10-3-5-11(6-4-10)15(14(18)19)8-12(15)13(16)17/h3-6,9,12H,7-8H2,1-2H3,(H,16,17)(H,18,19). The van der Waals surface area contributed by atoms with Crippen LogP contribution in [0.15, 0.2) is 24.3 Å². The molecule has 1 saturated carbocycles. The predicted octanol–water partition coefficient (Wildman–Crippen LogP) is 2.31. The minimum absolute atomic E-state index is 0.182. The van der Waals surface area contributed by atoms with E-state index in [0.29, 0.717) is 11.5 Å². The second kappa shape index (κ2) is 4.68. The maximum absolute atomic E-state index is 11.4. The fraction of sp³-hybridized carbons (Fsp3) is 0.467. The van der Waals surface area contributed by atoms with Crippen LogP contribution in [0.2, 0.25) is 0 Å². The van der Waals surface area contributed by atoms with Gasteiger partial charge in [0.15, 0.2) is 0 Å². The SMILES string of the molecule is CC(C)Cc1ccc(C2(C(=O)O)CC2C(=O)O)cc1. The lowest BCUT2D eigenvalue weighted by Gasteiger charge is -2.13. The molecule has 1 aromatic rings. The van der Waals surface area contributed by atoms with Crippen LogP contribution < -0.4 is 0 Å². The van der Waals surface area contributed by atoms with E-state index in [2.05, 4.69) is 13.8 Å². The van der Waals surface area contributed by atoms with Crippen molar-refractivity contribution in [3.8, 4) is 0 Å². The van der Waals surface area contributed by atoms with Gasteiger partial charge in [0.25, 0.3) is 0 Å². The van der Waals surface area contributed by atoms with Crippen LogP contribution in [0, 0.1) is 11.8 Å². The first kappa shape index (κ1) is 13.6. The second-order valence-electron chi connectivity index (χ2n) is 5.67. The molecule has 102 valence electrons. The van der Waals surface area contributed by atoms with E-state index in [9.17, 15) is 14.7 Å². The molecule has 1 fully saturated rings. The van der Waals surface area contributed by atoms with Crippen LogP contribution in [0.1, 0.15) is 31.4 Å². The minimum Gasteiger partial charge on any atom is -0.481 e. The first-order valence-electron chi connectivity index (χ1n) is 6.43. The van der Waals surface area contributed by atoms with E-state index in [1.165, 1.54) is 0 Å². The molecule has 0 spiro atoms. The number of hydrogen-bond acceptors (Lipinski definition) is 2. The largest absolute Gasteiger partial charge is 0.481 e. The summed E-state index contributed by atoms with van der Waals surface area (Å²) < 4.78 is 0. The van der Waals surface area contributed by atoms with Crippen molar-refractivity contribution < 1.29 is 19.8 Å². The molecule has 0 aliphatic heterocycles.